The van der Waals surface area contributed by atoms with Crippen molar-refractivity contribution in [2.45, 2.75) is 19.9 Å². The van der Waals surface area contributed by atoms with Crippen LogP contribution < -0.4 is 9.47 Å². The first-order chi connectivity index (χ1) is 15.4. The van der Waals surface area contributed by atoms with Crippen LogP contribution in [-0.2, 0) is 17.8 Å². The standard InChI is InChI=1S/C24H23ClFN3O3/c1-15-20(24(25)29(27-15)19-6-4-18(26)5-7-19)8-9-23(30)28-11-10-16-12-21(31-2)22(32-3)13-17(16)14-28/h4-9,12-13H,10-11,14H2,1-3H3/b9-8+. The Bertz CT molecular complexity index is 1190. The summed E-state index contributed by atoms with van der Waals surface area (Å²) in [6.07, 6.45) is 3.92. The lowest BCUT2D eigenvalue weighted by Crippen LogP contribution is -2.34. The predicted octanol–water partition coefficient (Wildman–Crippen LogP) is 4.59. The number of nitrogens with zero attached hydrogens (tertiary/aromatic N) is 3. The number of halogens is 2. The van der Waals surface area contributed by atoms with Crippen molar-refractivity contribution < 1.29 is 18.7 Å². The van der Waals surface area contributed by atoms with Gasteiger partial charge in [-0.3, -0.25) is 4.79 Å². The van der Waals surface area contributed by atoms with Crippen LogP contribution >= 0.6 is 11.6 Å². The first kappa shape index (κ1) is 21.9. The molecule has 32 heavy (non-hydrogen) atoms. The van der Waals surface area contributed by atoms with Crippen LogP contribution in [0.1, 0.15) is 22.4 Å². The predicted molar refractivity (Wildman–Crippen MR) is 121 cm³/mol. The molecular weight excluding hydrogens is 433 g/mol. The third kappa shape index (κ3) is 4.21. The highest BCUT2D eigenvalue weighted by molar-refractivity contribution is 6.31. The van der Waals surface area contributed by atoms with Gasteiger partial charge in [-0.05, 0) is 66.9 Å². The molecule has 0 N–H and O–H groups in total. The maximum atomic E-state index is 13.2. The summed E-state index contributed by atoms with van der Waals surface area (Å²) in [7, 11) is 3.20. The van der Waals surface area contributed by atoms with Crippen LogP contribution in [0.15, 0.2) is 42.5 Å². The molecule has 0 aliphatic carbocycles. The van der Waals surface area contributed by atoms with E-state index in [1.165, 1.54) is 22.9 Å². The number of carbonyl (C=O) groups excluding carboxylic acids is 1. The number of hydrogen-bond donors (Lipinski definition) is 0. The van der Waals surface area contributed by atoms with E-state index in [1.807, 2.05) is 19.1 Å². The molecule has 2 heterocycles. The van der Waals surface area contributed by atoms with Crippen molar-refractivity contribution in [2.24, 2.45) is 0 Å². The number of hydrogen-bond acceptors (Lipinski definition) is 4. The zero-order chi connectivity index (χ0) is 22.8. The van der Waals surface area contributed by atoms with Gasteiger partial charge in [0.25, 0.3) is 0 Å². The first-order valence-electron chi connectivity index (χ1n) is 10.1. The molecule has 0 bridgehead atoms. The molecule has 3 aromatic rings. The maximum Gasteiger partial charge on any atom is 0.246 e. The molecular formula is C24H23ClFN3O3. The van der Waals surface area contributed by atoms with Crippen molar-refractivity contribution in [2.75, 3.05) is 20.8 Å². The van der Waals surface area contributed by atoms with Crippen LogP contribution in [0.5, 0.6) is 11.5 Å². The smallest absolute Gasteiger partial charge is 0.246 e. The molecule has 0 saturated heterocycles. The van der Waals surface area contributed by atoms with Gasteiger partial charge in [0.1, 0.15) is 11.0 Å². The van der Waals surface area contributed by atoms with Crippen molar-refractivity contribution in [3.63, 3.8) is 0 Å². The van der Waals surface area contributed by atoms with Crippen LogP contribution in [0.2, 0.25) is 5.15 Å². The molecule has 4 rings (SSSR count). The summed E-state index contributed by atoms with van der Waals surface area (Å²) in [6, 6.07) is 9.78. The maximum absolute atomic E-state index is 13.2. The number of ether oxygens (including phenoxy) is 2. The molecule has 8 heteroatoms. The summed E-state index contributed by atoms with van der Waals surface area (Å²) < 4.78 is 25.5. The number of carbonyl (C=O) groups is 1. The van der Waals surface area contributed by atoms with E-state index in [1.54, 1.807) is 37.3 Å². The summed E-state index contributed by atoms with van der Waals surface area (Å²) in [5.41, 5.74) is 4.14. The van der Waals surface area contributed by atoms with Crippen LogP contribution in [0, 0.1) is 12.7 Å². The Hall–Kier alpha value is -3.32. The van der Waals surface area contributed by atoms with E-state index in [2.05, 4.69) is 5.10 Å². The summed E-state index contributed by atoms with van der Waals surface area (Å²) in [5, 5.41) is 4.79. The summed E-state index contributed by atoms with van der Waals surface area (Å²) in [4.78, 5) is 14.6. The summed E-state index contributed by atoms with van der Waals surface area (Å²) in [5.74, 6) is 0.884. The Kier molecular flexibility index (Phi) is 6.19. The average molecular weight is 456 g/mol. The van der Waals surface area contributed by atoms with Crippen molar-refractivity contribution in [3.8, 4) is 17.2 Å². The largest absolute Gasteiger partial charge is 0.493 e. The SMILES string of the molecule is COc1cc2c(cc1OC)CN(C(=O)/C=C/c1c(C)nn(-c3ccc(F)cc3)c1Cl)CC2. The molecule has 0 atom stereocenters. The molecule has 1 aliphatic heterocycles. The third-order valence-corrected chi connectivity index (χ3v) is 5.91. The molecule has 0 fully saturated rings. The van der Waals surface area contributed by atoms with E-state index in [9.17, 15) is 9.18 Å². The Morgan fingerprint density at radius 2 is 1.78 bits per heavy atom. The summed E-state index contributed by atoms with van der Waals surface area (Å²) >= 11 is 6.51. The fourth-order valence-electron chi connectivity index (χ4n) is 3.79. The second kappa shape index (κ2) is 9.04. The van der Waals surface area contributed by atoms with Crippen molar-refractivity contribution in [1.29, 1.82) is 0 Å². The molecule has 0 saturated carbocycles. The second-order valence-electron chi connectivity index (χ2n) is 7.50. The van der Waals surface area contributed by atoms with Gasteiger partial charge in [-0.1, -0.05) is 11.6 Å². The molecule has 1 amide bonds. The number of methoxy groups -OCH3 is 2. The van der Waals surface area contributed by atoms with Gasteiger partial charge in [0.15, 0.2) is 11.5 Å². The minimum atomic E-state index is -0.335. The fraction of sp³-hybridized carbons (Fsp3) is 0.250. The monoisotopic (exact) mass is 455 g/mol. The van der Waals surface area contributed by atoms with Crippen LogP contribution in [0.3, 0.4) is 0 Å². The molecule has 0 unspecified atom stereocenters. The number of aromatic nitrogens is 2. The molecule has 1 aliphatic rings. The Labute approximate surface area is 190 Å². The van der Waals surface area contributed by atoms with Gasteiger partial charge in [0, 0.05) is 24.7 Å². The Morgan fingerprint density at radius 3 is 2.44 bits per heavy atom. The van der Waals surface area contributed by atoms with Crippen molar-refractivity contribution >= 4 is 23.6 Å². The first-order valence-corrected chi connectivity index (χ1v) is 10.5. The van der Waals surface area contributed by atoms with Crippen LogP contribution in [0.4, 0.5) is 4.39 Å². The van der Waals surface area contributed by atoms with E-state index < -0.39 is 0 Å². The lowest BCUT2D eigenvalue weighted by molar-refractivity contribution is -0.126. The fourth-order valence-corrected chi connectivity index (χ4v) is 4.12. The Balaban J connectivity index is 1.53. The third-order valence-electron chi connectivity index (χ3n) is 5.54. The van der Waals surface area contributed by atoms with Crippen molar-refractivity contribution in [1.82, 2.24) is 14.7 Å². The van der Waals surface area contributed by atoms with E-state index in [0.717, 1.165) is 17.5 Å². The molecule has 166 valence electrons. The van der Waals surface area contributed by atoms with Gasteiger partial charge in [0.2, 0.25) is 5.91 Å². The summed E-state index contributed by atoms with van der Waals surface area (Å²) in [6.45, 7) is 2.90. The number of amides is 1. The number of rotatable bonds is 5. The molecule has 6 nitrogen and oxygen atoms in total. The van der Waals surface area contributed by atoms with Crippen molar-refractivity contribution in [3.05, 3.63) is 75.8 Å². The van der Waals surface area contributed by atoms with Crippen LogP contribution in [0.25, 0.3) is 11.8 Å². The quantitative estimate of drug-likeness (QED) is 0.528. The van der Waals surface area contributed by atoms with Gasteiger partial charge >= 0.3 is 0 Å². The molecule has 1 aromatic heterocycles. The zero-order valence-corrected chi connectivity index (χ0v) is 18.8. The van der Waals surface area contributed by atoms with E-state index in [0.29, 0.717) is 46.7 Å². The van der Waals surface area contributed by atoms with E-state index in [4.69, 9.17) is 21.1 Å². The lowest BCUT2D eigenvalue weighted by Gasteiger charge is -2.28. The topological polar surface area (TPSA) is 56.6 Å². The van der Waals surface area contributed by atoms with Gasteiger partial charge in [-0.2, -0.15) is 5.10 Å². The molecule has 0 radical (unpaired) electrons. The highest BCUT2D eigenvalue weighted by Gasteiger charge is 2.22. The normalized spacial score (nSPS) is 13.3. The highest BCUT2D eigenvalue weighted by Crippen LogP contribution is 2.33. The van der Waals surface area contributed by atoms with Crippen LogP contribution in [-0.4, -0.2) is 41.4 Å². The number of benzene rings is 2. The Morgan fingerprint density at radius 1 is 1.12 bits per heavy atom. The highest BCUT2D eigenvalue weighted by atomic mass is 35.5. The van der Waals surface area contributed by atoms with Gasteiger partial charge in [0.05, 0.1) is 25.6 Å². The van der Waals surface area contributed by atoms with Gasteiger partial charge in [-0.15, -0.1) is 0 Å². The number of aryl methyl sites for hydroxylation is 1. The molecule has 0 spiro atoms. The molecule has 2 aromatic carbocycles. The van der Waals surface area contributed by atoms with E-state index in [-0.39, 0.29) is 11.7 Å². The lowest BCUT2D eigenvalue weighted by atomic mass is 9.98. The van der Waals surface area contributed by atoms with Gasteiger partial charge in [-0.25, -0.2) is 9.07 Å². The minimum absolute atomic E-state index is 0.115. The zero-order valence-electron chi connectivity index (χ0n) is 18.1. The minimum Gasteiger partial charge on any atom is -0.493 e. The van der Waals surface area contributed by atoms with Gasteiger partial charge < -0.3 is 14.4 Å². The number of fused-ring (bicyclic) bond motifs is 1. The second-order valence-corrected chi connectivity index (χ2v) is 7.86. The average Bonchev–Trinajstić information content (AvgIpc) is 3.09. The van der Waals surface area contributed by atoms with E-state index >= 15 is 0 Å².